The van der Waals surface area contributed by atoms with E-state index in [-0.39, 0.29) is 0 Å². The molecular formula is C21H28N2Si3. The molecule has 2 atom stereocenters. The summed E-state index contributed by atoms with van der Waals surface area (Å²) in [5, 5.41) is 4.38. The first kappa shape index (κ1) is 19.0. The van der Waals surface area contributed by atoms with Gasteiger partial charge in [-0.2, -0.15) is 0 Å². The lowest BCUT2D eigenvalue weighted by Gasteiger charge is -2.35. The zero-order valence-corrected chi connectivity index (χ0v) is 19.1. The van der Waals surface area contributed by atoms with Gasteiger partial charge in [0.15, 0.2) is 0 Å². The maximum Gasteiger partial charge on any atom is 0.218 e. The van der Waals surface area contributed by atoms with Gasteiger partial charge in [0.05, 0.1) is 0 Å². The van der Waals surface area contributed by atoms with Crippen LogP contribution in [0.4, 0.5) is 0 Å². The van der Waals surface area contributed by atoms with Crippen molar-refractivity contribution in [2.24, 2.45) is 0 Å². The molecule has 2 unspecified atom stereocenters. The van der Waals surface area contributed by atoms with E-state index in [2.05, 4.69) is 120 Å². The summed E-state index contributed by atoms with van der Waals surface area (Å²) in [6.45, 7) is 7.24. The first-order chi connectivity index (χ1) is 12.6. The van der Waals surface area contributed by atoms with Crippen LogP contribution in [-0.4, -0.2) is 26.3 Å². The van der Waals surface area contributed by atoms with E-state index in [0.717, 1.165) is 0 Å². The quantitative estimate of drug-likeness (QED) is 0.598. The maximum atomic E-state index is 4.13. The highest BCUT2D eigenvalue weighted by Gasteiger charge is 2.34. The summed E-state index contributed by atoms with van der Waals surface area (Å²) >= 11 is 0. The molecule has 3 rings (SSSR count). The first-order valence-corrected chi connectivity index (χ1v) is 16.4. The molecule has 0 radical (unpaired) electrons. The number of nitrogens with one attached hydrogen (secondary N) is 2. The van der Waals surface area contributed by atoms with Crippen LogP contribution in [0.15, 0.2) is 91.0 Å². The molecule has 26 heavy (non-hydrogen) atoms. The van der Waals surface area contributed by atoms with Crippen LogP contribution in [0.3, 0.4) is 0 Å². The molecule has 3 aromatic rings. The van der Waals surface area contributed by atoms with Gasteiger partial charge in [-0.25, -0.2) is 0 Å². The second kappa shape index (κ2) is 8.75. The lowest BCUT2D eigenvalue weighted by molar-refractivity contribution is 1.26. The molecule has 0 aromatic heterocycles. The largest absolute Gasteiger partial charge is 0.343 e. The summed E-state index contributed by atoms with van der Waals surface area (Å²) in [6.07, 6.45) is 0. The third-order valence-electron chi connectivity index (χ3n) is 4.96. The Balaban J connectivity index is 1.87. The second-order valence-corrected chi connectivity index (χ2v) is 16.4. The Morgan fingerprint density at radius 3 is 1.31 bits per heavy atom. The SMILES string of the molecule is C[SiH](N[Si](C)(N[SiH](C)c1ccccc1)c1ccccc1)c1ccccc1. The van der Waals surface area contributed by atoms with Crippen LogP contribution in [0, 0.1) is 0 Å². The third-order valence-corrected chi connectivity index (χ3v) is 17.3. The van der Waals surface area contributed by atoms with Gasteiger partial charge in [0, 0.05) is 0 Å². The Labute approximate surface area is 161 Å². The highest BCUT2D eigenvalue weighted by molar-refractivity contribution is 7.00. The fourth-order valence-corrected chi connectivity index (χ4v) is 16.6. The summed E-state index contributed by atoms with van der Waals surface area (Å²) in [5.41, 5.74) is 0. The maximum absolute atomic E-state index is 4.13. The van der Waals surface area contributed by atoms with Crippen LogP contribution in [0.25, 0.3) is 0 Å². The fraction of sp³-hybridized carbons (Fsp3) is 0.143. The minimum absolute atomic E-state index is 1.24. The minimum atomic E-state index is -1.99. The van der Waals surface area contributed by atoms with Crippen molar-refractivity contribution < 1.29 is 0 Å². The summed E-state index contributed by atoms with van der Waals surface area (Å²) in [7, 11) is -4.47. The van der Waals surface area contributed by atoms with Crippen molar-refractivity contribution in [1.82, 2.24) is 9.30 Å². The number of hydrogen-bond donors (Lipinski definition) is 2. The highest BCUT2D eigenvalue weighted by atomic mass is 28.4. The Morgan fingerprint density at radius 1 is 0.577 bits per heavy atom. The van der Waals surface area contributed by atoms with E-state index in [9.17, 15) is 0 Å². The lowest BCUT2D eigenvalue weighted by atomic mass is 10.4. The van der Waals surface area contributed by atoms with Gasteiger partial charge < -0.3 is 9.30 Å². The van der Waals surface area contributed by atoms with E-state index >= 15 is 0 Å². The van der Waals surface area contributed by atoms with Crippen LogP contribution in [0.1, 0.15) is 0 Å². The van der Waals surface area contributed by atoms with E-state index in [1.807, 2.05) is 0 Å². The molecular weight excluding hydrogens is 365 g/mol. The van der Waals surface area contributed by atoms with Gasteiger partial charge >= 0.3 is 0 Å². The van der Waals surface area contributed by atoms with Gasteiger partial charge in [-0.3, -0.25) is 0 Å². The van der Waals surface area contributed by atoms with Gasteiger partial charge in [0.2, 0.25) is 8.40 Å². The average molecular weight is 393 g/mol. The van der Waals surface area contributed by atoms with E-state index < -0.39 is 26.3 Å². The second-order valence-electron chi connectivity index (χ2n) is 7.04. The van der Waals surface area contributed by atoms with Crippen molar-refractivity contribution in [1.29, 1.82) is 0 Å². The molecule has 0 spiro atoms. The van der Waals surface area contributed by atoms with Crippen molar-refractivity contribution in [2.75, 3.05) is 0 Å². The molecule has 0 saturated heterocycles. The monoisotopic (exact) mass is 392 g/mol. The van der Waals surface area contributed by atoms with Crippen LogP contribution in [0.2, 0.25) is 19.6 Å². The molecule has 2 N–H and O–H groups in total. The molecule has 0 saturated carbocycles. The first-order valence-electron chi connectivity index (χ1n) is 9.29. The molecule has 0 bridgehead atoms. The lowest BCUT2D eigenvalue weighted by Crippen LogP contribution is -2.76. The molecule has 134 valence electrons. The van der Waals surface area contributed by atoms with E-state index in [4.69, 9.17) is 0 Å². The molecule has 0 aliphatic carbocycles. The van der Waals surface area contributed by atoms with Gasteiger partial charge in [-0.1, -0.05) is 104 Å². The zero-order valence-electron chi connectivity index (χ0n) is 15.8. The Morgan fingerprint density at radius 2 is 0.923 bits per heavy atom. The van der Waals surface area contributed by atoms with Crippen LogP contribution in [0.5, 0.6) is 0 Å². The van der Waals surface area contributed by atoms with Crippen molar-refractivity contribution in [3.8, 4) is 0 Å². The predicted octanol–water partition coefficient (Wildman–Crippen LogP) is 1.67. The molecule has 0 heterocycles. The predicted molar refractivity (Wildman–Crippen MR) is 122 cm³/mol. The topological polar surface area (TPSA) is 24.1 Å². The molecule has 0 amide bonds. The van der Waals surface area contributed by atoms with Crippen molar-refractivity contribution in [2.45, 2.75) is 19.6 Å². The third kappa shape index (κ3) is 4.69. The van der Waals surface area contributed by atoms with Crippen molar-refractivity contribution in [3.63, 3.8) is 0 Å². The van der Waals surface area contributed by atoms with Gasteiger partial charge in [0.25, 0.3) is 0 Å². The van der Waals surface area contributed by atoms with E-state index in [1.54, 1.807) is 0 Å². The number of hydrogen-bond acceptors (Lipinski definition) is 2. The molecule has 3 aromatic carbocycles. The van der Waals surface area contributed by atoms with E-state index in [1.165, 1.54) is 15.6 Å². The summed E-state index contributed by atoms with van der Waals surface area (Å²) in [5.74, 6) is 0. The Bertz CT molecular complexity index is 750. The standard InChI is InChI=1S/C21H28N2Si3/c1-24(19-13-7-4-8-14-19)22-26(3,21-17-11-6-12-18-21)23-25(2)20-15-9-5-10-16-20/h4-18,22-25H,1-3H3. The van der Waals surface area contributed by atoms with Crippen LogP contribution >= 0.6 is 0 Å². The summed E-state index contributed by atoms with van der Waals surface area (Å²) in [6, 6.07) is 32.8. The molecule has 2 nitrogen and oxygen atoms in total. The Kier molecular flexibility index (Phi) is 6.39. The normalized spacial score (nSPS) is 15.8. The van der Waals surface area contributed by atoms with Crippen LogP contribution < -0.4 is 24.9 Å². The average Bonchev–Trinajstić information content (AvgIpc) is 2.70. The number of benzene rings is 3. The number of rotatable bonds is 7. The smallest absolute Gasteiger partial charge is 0.218 e. The molecule has 5 heteroatoms. The summed E-state index contributed by atoms with van der Waals surface area (Å²) in [4.78, 5) is 0. The van der Waals surface area contributed by atoms with Crippen molar-refractivity contribution in [3.05, 3.63) is 91.0 Å². The molecule has 0 aliphatic rings. The van der Waals surface area contributed by atoms with Crippen molar-refractivity contribution >= 4 is 41.9 Å². The molecule has 0 fully saturated rings. The molecule has 0 aliphatic heterocycles. The van der Waals surface area contributed by atoms with E-state index in [0.29, 0.717) is 0 Å². The van der Waals surface area contributed by atoms with Gasteiger partial charge in [-0.05, 0) is 22.1 Å². The van der Waals surface area contributed by atoms with Crippen LogP contribution in [-0.2, 0) is 0 Å². The highest BCUT2D eigenvalue weighted by Crippen LogP contribution is 2.01. The summed E-state index contributed by atoms with van der Waals surface area (Å²) < 4.78 is 8.26. The van der Waals surface area contributed by atoms with Gasteiger partial charge in [0.1, 0.15) is 17.9 Å². The zero-order chi connectivity index (χ0) is 18.4. The minimum Gasteiger partial charge on any atom is -0.343 e. The fourth-order valence-electron chi connectivity index (χ4n) is 3.50. The van der Waals surface area contributed by atoms with Gasteiger partial charge in [-0.15, -0.1) is 0 Å². The Hall–Kier alpha value is -1.77.